The molecule has 218 valence electrons. The predicted molar refractivity (Wildman–Crippen MR) is 157 cm³/mol. The van der Waals surface area contributed by atoms with E-state index in [9.17, 15) is 14.4 Å². The number of piperazine rings is 1. The van der Waals surface area contributed by atoms with Crippen LogP contribution in [0.15, 0.2) is 41.3 Å². The van der Waals surface area contributed by atoms with Gasteiger partial charge in [-0.1, -0.05) is 19.1 Å². The fourth-order valence-electron chi connectivity index (χ4n) is 5.60. The summed E-state index contributed by atoms with van der Waals surface area (Å²) in [6.07, 6.45) is 7.52. The van der Waals surface area contributed by atoms with Crippen molar-refractivity contribution in [3.8, 4) is 5.69 Å². The van der Waals surface area contributed by atoms with Gasteiger partial charge in [-0.3, -0.25) is 19.6 Å². The standard InChI is InChI=1S/C28H40N8O3.ClH/c1-2-33(22-9-5-21(29)6-10-22)19-20-3-7-23(8-4-20)36-14-11-24(32-27(36)39)31-26(38)35-17-15-34(16-18-35)25(37)28(30)12-13-28;/h3-4,7-8,11,14,21-22H,2,5-6,9-10,12-13,15-19,29-30H2,1H3,(H,31,32,38,39);1H. The van der Waals surface area contributed by atoms with Crippen molar-refractivity contribution < 1.29 is 9.59 Å². The van der Waals surface area contributed by atoms with Gasteiger partial charge in [-0.2, -0.15) is 4.98 Å². The van der Waals surface area contributed by atoms with E-state index >= 15 is 0 Å². The molecule has 1 saturated heterocycles. The first kappa shape index (κ1) is 30.0. The number of benzene rings is 1. The zero-order valence-corrected chi connectivity index (χ0v) is 23.9. The molecule has 3 fully saturated rings. The quantitative estimate of drug-likeness (QED) is 0.460. The Bertz CT molecular complexity index is 1230. The van der Waals surface area contributed by atoms with Gasteiger partial charge in [-0.15, -0.1) is 12.4 Å². The highest BCUT2D eigenvalue weighted by Crippen LogP contribution is 2.34. The van der Waals surface area contributed by atoms with E-state index in [2.05, 4.69) is 34.3 Å². The van der Waals surface area contributed by atoms with Gasteiger partial charge in [0.1, 0.15) is 5.82 Å². The highest BCUT2D eigenvalue weighted by atomic mass is 35.5. The molecular formula is C28H41ClN8O3. The lowest BCUT2D eigenvalue weighted by Gasteiger charge is -2.35. The van der Waals surface area contributed by atoms with E-state index in [0.29, 0.717) is 38.3 Å². The molecule has 1 aliphatic heterocycles. The largest absolute Gasteiger partial charge is 0.354 e. The van der Waals surface area contributed by atoms with E-state index in [1.54, 1.807) is 22.1 Å². The summed E-state index contributed by atoms with van der Waals surface area (Å²) in [5.74, 6) is 0.166. The van der Waals surface area contributed by atoms with Crippen LogP contribution in [0, 0.1) is 0 Å². The third-order valence-electron chi connectivity index (χ3n) is 8.37. The van der Waals surface area contributed by atoms with Crippen molar-refractivity contribution in [2.24, 2.45) is 11.5 Å². The number of carbonyl (C=O) groups is 2. The normalized spacial score (nSPS) is 22.0. The second-order valence-corrected chi connectivity index (χ2v) is 11.1. The summed E-state index contributed by atoms with van der Waals surface area (Å²) in [4.78, 5) is 47.8. The maximum absolute atomic E-state index is 12.8. The smallest absolute Gasteiger partial charge is 0.338 e. The summed E-state index contributed by atoms with van der Waals surface area (Å²) in [6.45, 7) is 5.74. The van der Waals surface area contributed by atoms with Crippen LogP contribution in [0.2, 0.25) is 0 Å². The Morgan fingerprint density at radius 2 is 1.65 bits per heavy atom. The number of nitrogens with two attached hydrogens (primary N) is 2. The third-order valence-corrected chi connectivity index (χ3v) is 8.37. The van der Waals surface area contributed by atoms with Gasteiger partial charge in [0.15, 0.2) is 0 Å². The monoisotopic (exact) mass is 572 g/mol. The van der Waals surface area contributed by atoms with Crippen molar-refractivity contribution in [3.63, 3.8) is 0 Å². The number of rotatable bonds is 7. The number of nitrogens with zero attached hydrogens (tertiary/aromatic N) is 5. The van der Waals surface area contributed by atoms with Crippen LogP contribution < -0.4 is 22.5 Å². The molecule has 2 heterocycles. The van der Waals surface area contributed by atoms with Gasteiger partial charge in [0.25, 0.3) is 0 Å². The lowest BCUT2D eigenvalue weighted by Crippen LogP contribution is -2.55. The van der Waals surface area contributed by atoms with Crippen LogP contribution in [0.3, 0.4) is 0 Å². The van der Waals surface area contributed by atoms with E-state index in [0.717, 1.165) is 57.3 Å². The first-order valence-corrected chi connectivity index (χ1v) is 14.1. The molecule has 11 nitrogen and oxygen atoms in total. The Labute approximate surface area is 241 Å². The molecule has 2 saturated carbocycles. The molecule has 12 heteroatoms. The van der Waals surface area contributed by atoms with Gasteiger partial charge in [0.2, 0.25) is 5.91 Å². The van der Waals surface area contributed by atoms with Crippen LogP contribution in [0.1, 0.15) is 51.0 Å². The van der Waals surface area contributed by atoms with Crippen molar-refractivity contribution >= 4 is 30.2 Å². The highest BCUT2D eigenvalue weighted by molar-refractivity contribution is 5.90. The van der Waals surface area contributed by atoms with Crippen molar-refractivity contribution in [1.82, 2.24) is 24.3 Å². The van der Waals surface area contributed by atoms with E-state index < -0.39 is 11.2 Å². The molecule has 1 aromatic carbocycles. The molecule has 0 spiro atoms. The van der Waals surface area contributed by atoms with Crippen LogP contribution in [0.5, 0.6) is 0 Å². The Hall–Kier alpha value is -2.99. The Kier molecular flexibility index (Phi) is 9.50. The zero-order valence-electron chi connectivity index (χ0n) is 23.1. The molecule has 0 bridgehead atoms. The van der Waals surface area contributed by atoms with Gasteiger partial charge in [0.05, 0.1) is 11.2 Å². The molecule has 5 rings (SSSR count). The summed E-state index contributed by atoms with van der Waals surface area (Å²) >= 11 is 0. The topological polar surface area (TPSA) is 143 Å². The van der Waals surface area contributed by atoms with Crippen LogP contribution in [0.25, 0.3) is 5.69 Å². The highest BCUT2D eigenvalue weighted by Gasteiger charge is 2.48. The number of carbonyl (C=O) groups excluding carboxylic acids is 2. The summed E-state index contributed by atoms with van der Waals surface area (Å²) in [7, 11) is 0. The summed E-state index contributed by atoms with van der Waals surface area (Å²) in [5, 5.41) is 2.71. The van der Waals surface area contributed by atoms with Gasteiger partial charge in [-0.05, 0) is 68.8 Å². The lowest BCUT2D eigenvalue weighted by atomic mass is 9.90. The van der Waals surface area contributed by atoms with E-state index in [4.69, 9.17) is 11.5 Å². The minimum Gasteiger partial charge on any atom is -0.338 e. The molecule has 40 heavy (non-hydrogen) atoms. The summed E-state index contributed by atoms with van der Waals surface area (Å²) in [5.41, 5.74) is 12.8. The third kappa shape index (κ3) is 6.83. The Morgan fingerprint density at radius 3 is 2.23 bits per heavy atom. The molecule has 2 aromatic rings. The average Bonchev–Trinajstić information content (AvgIpc) is 3.71. The van der Waals surface area contributed by atoms with Crippen LogP contribution in [-0.4, -0.2) is 86.5 Å². The fraction of sp³-hybridized carbons (Fsp3) is 0.571. The molecule has 0 radical (unpaired) electrons. The summed E-state index contributed by atoms with van der Waals surface area (Å²) < 4.78 is 1.46. The maximum Gasteiger partial charge on any atom is 0.354 e. The number of urea groups is 1. The van der Waals surface area contributed by atoms with Crippen LogP contribution in [-0.2, 0) is 11.3 Å². The number of aromatic nitrogens is 2. The SMILES string of the molecule is CCN(Cc1ccc(-n2ccc(NC(=O)N3CCN(C(=O)C4(N)CC4)CC3)nc2=O)cc1)C1CCC(N)CC1.Cl. The average molecular weight is 573 g/mol. The molecule has 5 N–H and O–H groups in total. The lowest BCUT2D eigenvalue weighted by molar-refractivity contribution is -0.135. The van der Waals surface area contributed by atoms with Crippen LogP contribution >= 0.6 is 12.4 Å². The Morgan fingerprint density at radius 1 is 1.02 bits per heavy atom. The van der Waals surface area contributed by atoms with Gasteiger partial charge < -0.3 is 21.3 Å². The maximum atomic E-state index is 12.8. The minimum absolute atomic E-state index is 0. The van der Waals surface area contributed by atoms with Crippen molar-refractivity contribution in [1.29, 1.82) is 0 Å². The molecule has 0 unspecified atom stereocenters. The molecule has 3 amide bonds. The van der Waals surface area contributed by atoms with Crippen molar-refractivity contribution in [2.75, 3.05) is 38.0 Å². The van der Waals surface area contributed by atoms with Crippen LogP contribution in [0.4, 0.5) is 10.6 Å². The zero-order chi connectivity index (χ0) is 27.6. The number of nitrogens with one attached hydrogen (secondary N) is 1. The van der Waals surface area contributed by atoms with E-state index in [-0.39, 0.29) is 30.2 Å². The second kappa shape index (κ2) is 12.7. The molecule has 1 aromatic heterocycles. The number of amides is 3. The second-order valence-electron chi connectivity index (χ2n) is 11.1. The van der Waals surface area contributed by atoms with Crippen molar-refractivity contribution in [3.05, 3.63) is 52.6 Å². The molecular weight excluding hydrogens is 532 g/mol. The molecule has 2 aliphatic carbocycles. The minimum atomic E-state index is -0.696. The molecule has 3 aliphatic rings. The van der Waals surface area contributed by atoms with E-state index in [1.165, 1.54) is 10.1 Å². The number of halogens is 1. The Balaban J connectivity index is 0.00000370. The summed E-state index contributed by atoms with van der Waals surface area (Å²) in [6, 6.07) is 10.1. The molecule has 0 atom stereocenters. The van der Waals surface area contributed by atoms with Crippen molar-refractivity contribution in [2.45, 2.75) is 69.6 Å². The predicted octanol–water partition coefficient (Wildman–Crippen LogP) is 1.91. The number of hydrogen-bond donors (Lipinski definition) is 3. The van der Waals surface area contributed by atoms with Gasteiger partial charge >= 0.3 is 11.7 Å². The number of anilines is 1. The number of hydrogen-bond acceptors (Lipinski definition) is 7. The van der Waals surface area contributed by atoms with Gasteiger partial charge in [-0.25, -0.2) is 9.59 Å². The van der Waals surface area contributed by atoms with Gasteiger partial charge in [0, 0.05) is 51.0 Å². The first-order chi connectivity index (χ1) is 18.8. The first-order valence-electron chi connectivity index (χ1n) is 14.1. The van der Waals surface area contributed by atoms with E-state index in [1.807, 2.05) is 12.1 Å². The fourth-order valence-corrected chi connectivity index (χ4v) is 5.60.